The first-order valence-electron chi connectivity index (χ1n) is 3.79. The van der Waals surface area contributed by atoms with E-state index in [2.05, 4.69) is 4.98 Å². The van der Waals surface area contributed by atoms with Gasteiger partial charge in [0, 0.05) is 11.6 Å². The van der Waals surface area contributed by atoms with Crippen LogP contribution in [0.1, 0.15) is 0 Å². The monoisotopic (exact) mass is 283 g/mol. The minimum atomic E-state index is -0.725. The van der Waals surface area contributed by atoms with Crippen LogP contribution in [0.2, 0.25) is 20.1 Å². The zero-order valence-electron chi connectivity index (χ0n) is 6.99. The molecule has 2 rings (SSSR count). The molecule has 0 aliphatic rings. The highest BCUT2D eigenvalue weighted by molar-refractivity contribution is 6.48. The lowest BCUT2D eigenvalue weighted by atomic mass is 10.2. The predicted octanol–water partition coefficient (Wildman–Crippen LogP) is 4.99. The fraction of sp³-hybridized carbons (Fsp3) is 0. The van der Waals surface area contributed by atoms with Crippen LogP contribution in [0.4, 0.5) is 4.39 Å². The maximum Gasteiger partial charge on any atom is 0.161 e. The summed E-state index contributed by atoms with van der Waals surface area (Å²) in [6.07, 6.45) is 1.36. The zero-order valence-corrected chi connectivity index (χ0v) is 10.0. The van der Waals surface area contributed by atoms with E-state index in [0.717, 1.165) is 0 Å². The number of benzene rings is 1. The number of aromatic nitrogens is 1. The maximum absolute atomic E-state index is 13.4. The quantitative estimate of drug-likeness (QED) is 0.621. The Bertz CT molecular complexity index is 556. The summed E-state index contributed by atoms with van der Waals surface area (Å²) in [6.45, 7) is 0. The van der Waals surface area contributed by atoms with Crippen molar-refractivity contribution in [3.63, 3.8) is 0 Å². The number of hydrogen-bond acceptors (Lipinski definition) is 1. The Balaban J connectivity index is 3.00. The van der Waals surface area contributed by atoms with E-state index >= 15 is 0 Å². The second-order valence-electron chi connectivity index (χ2n) is 2.80. The molecule has 2 aromatic rings. The standard InChI is InChI=1S/C9H2Cl4FN/c10-3-1-5-6(8(13)9(3)14)7(12)4(11)2-15-5/h1-2H. The third-order valence-electron chi connectivity index (χ3n) is 1.89. The molecule has 1 aromatic carbocycles. The van der Waals surface area contributed by atoms with Gasteiger partial charge in [-0.1, -0.05) is 46.4 Å². The van der Waals surface area contributed by atoms with Crippen molar-refractivity contribution < 1.29 is 4.39 Å². The van der Waals surface area contributed by atoms with Crippen molar-refractivity contribution in [1.82, 2.24) is 4.98 Å². The molecule has 0 amide bonds. The van der Waals surface area contributed by atoms with Crippen LogP contribution < -0.4 is 0 Å². The minimum absolute atomic E-state index is 0.0987. The summed E-state index contributed by atoms with van der Waals surface area (Å²) >= 11 is 23.0. The van der Waals surface area contributed by atoms with Crippen LogP contribution in [0, 0.1) is 5.82 Å². The molecule has 0 aliphatic heterocycles. The van der Waals surface area contributed by atoms with E-state index in [1.165, 1.54) is 12.3 Å². The summed E-state index contributed by atoms with van der Waals surface area (Å²) in [5.74, 6) is -0.725. The summed E-state index contributed by atoms with van der Waals surface area (Å²) in [4.78, 5) is 3.95. The highest BCUT2D eigenvalue weighted by Gasteiger charge is 2.15. The Labute approximate surface area is 105 Å². The van der Waals surface area contributed by atoms with E-state index in [1.54, 1.807) is 0 Å². The van der Waals surface area contributed by atoms with Gasteiger partial charge in [0.05, 0.1) is 25.6 Å². The molecule has 0 N–H and O–H groups in total. The van der Waals surface area contributed by atoms with Gasteiger partial charge in [0.15, 0.2) is 5.82 Å². The number of pyridine rings is 1. The lowest BCUT2D eigenvalue weighted by Crippen LogP contribution is -1.87. The molecule has 1 nitrogen and oxygen atoms in total. The topological polar surface area (TPSA) is 12.9 Å². The van der Waals surface area contributed by atoms with Gasteiger partial charge >= 0.3 is 0 Å². The molecule has 0 spiro atoms. The van der Waals surface area contributed by atoms with Crippen molar-refractivity contribution >= 4 is 57.3 Å². The van der Waals surface area contributed by atoms with Crippen LogP contribution in [0.15, 0.2) is 12.3 Å². The first-order chi connectivity index (χ1) is 7.02. The molecule has 0 saturated carbocycles. The predicted molar refractivity (Wildman–Crippen MR) is 61.7 cm³/mol. The van der Waals surface area contributed by atoms with Crippen LogP contribution in [0.3, 0.4) is 0 Å². The number of nitrogens with zero attached hydrogens (tertiary/aromatic N) is 1. The molecule has 0 bridgehead atoms. The van der Waals surface area contributed by atoms with Crippen molar-refractivity contribution in [3.8, 4) is 0 Å². The third kappa shape index (κ3) is 1.76. The first-order valence-corrected chi connectivity index (χ1v) is 5.30. The summed E-state index contributed by atoms with van der Waals surface area (Å²) in [5, 5.41) is 0.388. The number of hydrogen-bond donors (Lipinski definition) is 0. The van der Waals surface area contributed by atoms with Crippen molar-refractivity contribution in [1.29, 1.82) is 0 Å². The first kappa shape index (κ1) is 11.2. The Morgan fingerprint density at radius 2 is 1.67 bits per heavy atom. The van der Waals surface area contributed by atoms with Crippen LogP contribution in [-0.4, -0.2) is 4.98 Å². The second-order valence-corrected chi connectivity index (χ2v) is 4.37. The highest BCUT2D eigenvalue weighted by atomic mass is 35.5. The molecule has 0 unspecified atom stereocenters. The van der Waals surface area contributed by atoms with Gasteiger partial charge in [-0.05, 0) is 6.07 Å². The van der Waals surface area contributed by atoms with E-state index in [4.69, 9.17) is 46.4 Å². The second kappa shape index (κ2) is 3.95. The van der Waals surface area contributed by atoms with E-state index in [9.17, 15) is 4.39 Å². The van der Waals surface area contributed by atoms with Crippen molar-refractivity contribution in [2.24, 2.45) is 0 Å². The normalized spacial score (nSPS) is 11.0. The SMILES string of the molecule is Fc1c(Cl)cc2ncc(Cl)c(Cl)c2c1Cl. The van der Waals surface area contributed by atoms with Gasteiger partial charge in [0.25, 0.3) is 0 Å². The molecule has 78 valence electrons. The lowest BCUT2D eigenvalue weighted by Gasteiger charge is -2.06. The van der Waals surface area contributed by atoms with Crippen LogP contribution in [0.5, 0.6) is 0 Å². The van der Waals surface area contributed by atoms with Gasteiger partial charge in [-0.3, -0.25) is 4.98 Å². The highest BCUT2D eigenvalue weighted by Crippen LogP contribution is 2.37. The minimum Gasteiger partial charge on any atom is -0.254 e. The van der Waals surface area contributed by atoms with Crippen molar-refractivity contribution in [2.45, 2.75) is 0 Å². The Morgan fingerprint density at radius 3 is 2.33 bits per heavy atom. The molecule has 0 radical (unpaired) electrons. The number of fused-ring (bicyclic) bond motifs is 1. The average molecular weight is 285 g/mol. The summed E-state index contributed by atoms with van der Waals surface area (Å²) in [7, 11) is 0. The smallest absolute Gasteiger partial charge is 0.161 e. The summed E-state index contributed by atoms with van der Waals surface area (Å²) < 4.78 is 13.4. The molecule has 6 heteroatoms. The molecule has 0 aliphatic carbocycles. The molecule has 1 aromatic heterocycles. The molecular formula is C9H2Cl4FN. The largest absolute Gasteiger partial charge is 0.254 e. The molecule has 1 heterocycles. The van der Waals surface area contributed by atoms with E-state index in [-0.39, 0.29) is 25.5 Å². The van der Waals surface area contributed by atoms with Gasteiger partial charge in [0.2, 0.25) is 0 Å². The molecule has 0 fully saturated rings. The Hall–Kier alpha value is -0.280. The van der Waals surface area contributed by atoms with Crippen LogP contribution in [-0.2, 0) is 0 Å². The lowest BCUT2D eigenvalue weighted by molar-refractivity contribution is 0.630. The van der Waals surface area contributed by atoms with Crippen LogP contribution in [0.25, 0.3) is 10.9 Å². The van der Waals surface area contributed by atoms with Crippen molar-refractivity contribution in [2.75, 3.05) is 0 Å². The average Bonchev–Trinajstić information content (AvgIpc) is 2.20. The fourth-order valence-electron chi connectivity index (χ4n) is 1.20. The summed E-state index contributed by atoms with van der Waals surface area (Å²) in [6, 6.07) is 1.35. The third-order valence-corrected chi connectivity index (χ3v) is 3.29. The fourth-order valence-corrected chi connectivity index (χ4v) is 2.17. The van der Waals surface area contributed by atoms with Crippen LogP contribution >= 0.6 is 46.4 Å². The molecule has 15 heavy (non-hydrogen) atoms. The number of rotatable bonds is 0. The molecular weight excluding hydrogens is 283 g/mol. The van der Waals surface area contributed by atoms with E-state index in [0.29, 0.717) is 5.52 Å². The van der Waals surface area contributed by atoms with E-state index in [1.807, 2.05) is 0 Å². The van der Waals surface area contributed by atoms with Gasteiger partial charge in [0.1, 0.15) is 0 Å². The Morgan fingerprint density at radius 1 is 1.00 bits per heavy atom. The number of halogens is 5. The van der Waals surface area contributed by atoms with Gasteiger partial charge in [-0.25, -0.2) is 4.39 Å². The molecule has 0 atom stereocenters. The van der Waals surface area contributed by atoms with Gasteiger partial charge in [-0.15, -0.1) is 0 Å². The maximum atomic E-state index is 13.4. The summed E-state index contributed by atoms with van der Waals surface area (Å²) in [5.41, 5.74) is 0.404. The zero-order chi connectivity index (χ0) is 11.2. The van der Waals surface area contributed by atoms with Crippen molar-refractivity contribution in [3.05, 3.63) is 38.2 Å². The van der Waals surface area contributed by atoms with Gasteiger partial charge in [-0.2, -0.15) is 0 Å². The van der Waals surface area contributed by atoms with Gasteiger partial charge < -0.3 is 0 Å². The Kier molecular flexibility index (Phi) is 2.95. The molecule has 0 saturated heterocycles. The van der Waals surface area contributed by atoms with E-state index < -0.39 is 5.82 Å².